The van der Waals surface area contributed by atoms with Gasteiger partial charge in [-0.05, 0) is 31.8 Å². The van der Waals surface area contributed by atoms with Crippen LogP contribution in [0.1, 0.15) is 11.6 Å². The van der Waals surface area contributed by atoms with E-state index in [-0.39, 0.29) is 0 Å². The summed E-state index contributed by atoms with van der Waals surface area (Å²) in [6, 6.07) is 4.69. The van der Waals surface area contributed by atoms with E-state index in [1.807, 2.05) is 12.4 Å². The lowest BCUT2D eigenvalue weighted by atomic mass is 10.1. The van der Waals surface area contributed by atoms with Crippen molar-refractivity contribution in [2.24, 2.45) is 0 Å². The van der Waals surface area contributed by atoms with Gasteiger partial charge in [-0.15, -0.1) is 0 Å². The molecule has 1 aliphatic heterocycles. The Morgan fingerprint density at radius 2 is 1.94 bits per heavy atom. The molecule has 1 N–H and O–H groups in total. The van der Waals surface area contributed by atoms with Crippen LogP contribution >= 0.6 is 0 Å². The molecule has 0 radical (unpaired) electrons. The maximum absolute atomic E-state index is 4.09. The number of pyridine rings is 1. The Labute approximate surface area is 104 Å². The minimum Gasteiger partial charge on any atom is -0.314 e. The molecule has 4 heteroatoms. The molecule has 1 aromatic rings. The van der Waals surface area contributed by atoms with E-state index < -0.39 is 0 Å². The molecule has 1 unspecified atom stereocenters. The predicted molar refractivity (Wildman–Crippen MR) is 70.0 cm³/mol. The average Bonchev–Trinajstić information content (AvgIpc) is 2.38. The molecular formula is C13H22N4. The van der Waals surface area contributed by atoms with Gasteiger partial charge in [0.15, 0.2) is 0 Å². The van der Waals surface area contributed by atoms with Crippen molar-refractivity contribution in [1.29, 1.82) is 0 Å². The van der Waals surface area contributed by atoms with Gasteiger partial charge in [-0.1, -0.05) is 0 Å². The van der Waals surface area contributed by atoms with Gasteiger partial charge in [-0.25, -0.2) is 0 Å². The van der Waals surface area contributed by atoms with E-state index in [0.29, 0.717) is 6.04 Å². The number of nitrogens with zero attached hydrogens (tertiary/aromatic N) is 3. The van der Waals surface area contributed by atoms with Crippen LogP contribution in [0, 0.1) is 0 Å². The van der Waals surface area contributed by atoms with Crippen molar-refractivity contribution in [3.05, 3.63) is 30.1 Å². The highest BCUT2D eigenvalue weighted by Gasteiger charge is 2.19. The highest BCUT2D eigenvalue weighted by atomic mass is 15.2. The topological polar surface area (TPSA) is 31.4 Å². The monoisotopic (exact) mass is 234 g/mol. The minimum absolute atomic E-state index is 0.455. The first kappa shape index (κ1) is 12.5. The lowest BCUT2D eigenvalue weighted by molar-refractivity contribution is 0.168. The molecule has 0 bridgehead atoms. The third-order valence-corrected chi connectivity index (χ3v) is 3.35. The van der Waals surface area contributed by atoms with Gasteiger partial charge in [0.2, 0.25) is 0 Å². The van der Waals surface area contributed by atoms with E-state index >= 15 is 0 Å². The summed E-state index contributed by atoms with van der Waals surface area (Å²) < 4.78 is 0. The smallest absolute Gasteiger partial charge is 0.0470 e. The molecular weight excluding hydrogens is 212 g/mol. The lowest BCUT2D eigenvalue weighted by Crippen LogP contribution is -2.46. The first-order chi connectivity index (χ1) is 8.27. The van der Waals surface area contributed by atoms with Crippen LogP contribution in [0.4, 0.5) is 0 Å². The Kier molecular flexibility index (Phi) is 4.48. The molecule has 1 aliphatic rings. The summed E-state index contributed by atoms with van der Waals surface area (Å²) in [6.45, 7) is 5.61. The molecule has 1 atom stereocenters. The van der Waals surface area contributed by atoms with Gasteiger partial charge >= 0.3 is 0 Å². The standard InChI is InChI=1S/C13H22N4/c1-16(2)13(12-3-5-14-6-4-12)11-17-9-7-15-8-10-17/h3-6,13,15H,7-11H2,1-2H3. The lowest BCUT2D eigenvalue weighted by Gasteiger charge is -2.34. The third kappa shape index (κ3) is 3.49. The van der Waals surface area contributed by atoms with Gasteiger partial charge in [-0.2, -0.15) is 0 Å². The van der Waals surface area contributed by atoms with Crippen molar-refractivity contribution in [3.63, 3.8) is 0 Å². The van der Waals surface area contributed by atoms with Crippen molar-refractivity contribution in [2.75, 3.05) is 46.8 Å². The summed E-state index contributed by atoms with van der Waals surface area (Å²) in [4.78, 5) is 8.91. The van der Waals surface area contributed by atoms with Crippen molar-refractivity contribution in [3.8, 4) is 0 Å². The fraction of sp³-hybridized carbons (Fsp3) is 0.615. The number of hydrogen-bond acceptors (Lipinski definition) is 4. The van der Waals surface area contributed by atoms with Crippen LogP contribution in [0.15, 0.2) is 24.5 Å². The summed E-state index contributed by atoms with van der Waals surface area (Å²) in [5, 5.41) is 3.39. The van der Waals surface area contributed by atoms with Crippen LogP contribution in [0.2, 0.25) is 0 Å². The Bertz CT molecular complexity index is 319. The summed E-state index contributed by atoms with van der Waals surface area (Å²) >= 11 is 0. The predicted octanol–water partition coefficient (Wildman–Crippen LogP) is 0.590. The first-order valence-corrected chi connectivity index (χ1v) is 6.27. The van der Waals surface area contributed by atoms with Crippen LogP contribution in [-0.2, 0) is 0 Å². The van der Waals surface area contributed by atoms with Crippen molar-refractivity contribution in [1.82, 2.24) is 20.1 Å². The minimum atomic E-state index is 0.455. The Morgan fingerprint density at radius 3 is 2.53 bits per heavy atom. The van der Waals surface area contributed by atoms with Gasteiger partial charge in [-0.3, -0.25) is 9.88 Å². The molecule has 17 heavy (non-hydrogen) atoms. The third-order valence-electron chi connectivity index (χ3n) is 3.35. The number of likely N-dealkylation sites (N-methyl/N-ethyl adjacent to an activating group) is 1. The van der Waals surface area contributed by atoms with E-state index in [0.717, 1.165) is 32.7 Å². The van der Waals surface area contributed by atoms with Gasteiger partial charge in [0.25, 0.3) is 0 Å². The summed E-state index contributed by atoms with van der Waals surface area (Å²) in [5.41, 5.74) is 1.35. The molecule has 2 rings (SSSR count). The normalized spacial score (nSPS) is 19.5. The fourth-order valence-corrected chi connectivity index (χ4v) is 2.29. The second-order valence-electron chi connectivity index (χ2n) is 4.81. The zero-order chi connectivity index (χ0) is 12.1. The van der Waals surface area contributed by atoms with Gasteiger partial charge < -0.3 is 10.2 Å². The van der Waals surface area contributed by atoms with E-state index in [1.54, 1.807) is 0 Å². The van der Waals surface area contributed by atoms with Crippen LogP contribution in [-0.4, -0.2) is 61.6 Å². The number of aromatic nitrogens is 1. The summed E-state index contributed by atoms with van der Waals surface area (Å²) in [7, 11) is 4.29. The van der Waals surface area contributed by atoms with Crippen LogP contribution in [0.3, 0.4) is 0 Å². The SMILES string of the molecule is CN(C)C(CN1CCNCC1)c1ccncc1. The molecule has 0 spiro atoms. The van der Waals surface area contributed by atoms with E-state index in [1.165, 1.54) is 5.56 Å². The van der Waals surface area contributed by atoms with Crippen LogP contribution in [0.5, 0.6) is 0 Å². The fourth-order valence-electron chi connectivity index (χ4n) is 2.29. The Morgan fingerprint density at radius 1 is 1.29 bits per heavy atom. The molecule has 1 fully saturated rings. The zero-order valence-corrected chi connectivity index (χ0v) is 10.8. The molecule has 0 aromatic carbocycles. The van der Waals surface area contributed by atoms with Crippen LogP contribution in [0.25, 0.3) is 0 Å². The number of rotatable bonds is 4. The highest BCUT2D eigenvalue weighted by Crippen LogP contribution is 2.18. The van der Waals surface area contributed by atoms with Crippen LogP contribution < -0.4 is 5.32 Å². The maximum Gasteiger partial charge on any atom is 0.0470 e. The maximum atomic E-state index is 4.09. The molecule has 0 aliphatic carbocycles. The molecule has 1 aromatic heterocycles. The number of nitrogens with one attached hydrogen (secondary N) is 1. The van der Waals surface area contributed by atoms with Crippen molar-refractivity contribution >= 4 is 0 Å². The summed E-state index contributed by atoms with van der Waals surface area (Å²) in [6.07, 6.45) is 3.76. The first-order valence-electron chi connectivity index (χ1n) is 6.27. The molecule has 4 nitrogen and oxygen atoms in total. The number of piperazine rings is 1. The van der Waals surface area contributed by atoms with Crippen molar-refractivity contribution in [2.45, 2.75) is 6.04 Å². The second-order valence-corrected chi connectivity index (χ2v) is 4.81. The quantitative estimate of drug-likeness (QED) is 0.826. The largest absolute Gasteiger partial charge is 0.314 e. The Balaban J connectivity index is 2.02. The Hall–Kier alpha value is -0.970. The molecule has 0 amide bonds. The van der Waals surface area contributed by atoms with Gasteiger partial charge in [0, 0.05) is 51.2 Å². The van der Waals surface area contributed by atoms with Gasteiger partial charge in [0.1, 0.15) is 0 Å². The zero-order valence-electron chi connectivity index (χ0n) is 10.8. The molecule has 94 valence electrons. The molecule has 2 heterocycles. The number of hydrogen-bond donors (Lipinski definition) is 1. The van der Waals surface area contributed by atoms with E-state index in [9.17, 15) is 0 Å². The van der Waals surface area contributed by atoms with E-state index in [4.69, 9.17) is 0 Å². The summed E-state index contributed by atoms with van der Waals surface area (Å²) in [5.74, 6) is 0. The second kappa shape index (κ2) is 6.10. The molecule has 0 saturated carbocycles. The van der Waals surface area contributed by atoms with E-state index in [2.05, 4.69) is 46.3 Å². The van der Waals surface area contributed by atoms with Gasteiger partial charge in [0.05, 0.1) is 0 Å². The van der Waals surface area contributed by atoms with Crippen molar-refractivity contribution < 1.29 is 0 Å². The molecule has 1 saturated heterocycles. The average molecular weight is 234 g/mol. The highest BCUT2D eigenvalue weighted by molar-refractivity contribution is 5.15.